The largest absolute Gasteiger partial charge is 0.454 e. The van der Waals surface area contributed by atoms with Gasteiger partial charge in [0, 0.05) is 19.1 Å². The normalized spacial score (nSPS) is 14.3. The summed E-state index contributed by atoms with van der Waals surface area (Å²) in [5.41, 5.74) is 1.57. The molecule has 0 saturated heterocycles. The fraction of sp³-hybridized carbons (Fsp3) is 0.280. The number of rotatable bonds is 10. The molecule has 0 aliphatic carbocycles. The van der Waals surface area contributed by atoms with Crippen LogP contribution < -0.4 is 14.2 Å². The van der Waals surface area contributed by atoms with Gasteiger partial charge < -0.3 is 9.47 Å². The van der Waals surface area contributed by atoms with Crippen molar-refractivity contribution in [1.82, 2.24) is 9.03 Å². The number of hydrogen-bond donors (Lipinski definition) is 1. The van der Waals surface area contributed by atoms with E-state index in [4.69, 9.17) is 9.47 Å². The molecule has 1 atom stereocenters. The lowest BCUT2D eigenvalue weighted by Gasteiger charge is -2.23. The van der Waals surface area contributed by atoms with Gasteiger partial charge in [0.05, 0.1) is 9.79 Å². The summed E-state index contributed by atoms with van der Waals surface area (Å²) in [4.78, 5) is 0.0267. The molecule has 1 aliphatic rings. The smallest absolute Gasteiger partial charge is 0.243 e. The maximum Gasteiger partial charge on any atom is 0.243 e. The lowest BCUT2D eigenvalue weighted by atomic mass is 10.2. The Kier molecular flexibility index (Phi) is 7.46. The van der Waals surface area contributed by atoms with Gasteiger partial charge in [0.2, 0.25) is 26.8 Å². The monoisotopic (exact) mass is 516 g/mol. The van der Waals surface area contributed by atoms with Gasteiger partial charge in [0.15, 0.2) is 11.5 Å². The molecule has 35 heavy (non-hydrogen) atoms. The summed E-state index contributed by atoms with van der Waals surface area (Å²) in [5.74, 6) is 1.19. The van der Waals surface area contributed by atoms with Crippen molar-refractivity contribution in [2.45, 2.75) is 49.2 Å². The Morgan fingerprint density at radius 1 is 0.829 bits per heavy atom. The first-order chi connectivity index (χ1) is 16.7. The molecule has 1 N–H and O–H groups in total. The summed E-state index contributed by atoms with van der Waals surface area (Å²) >= 11 is 0. The predicted molar refractivity (Wildman–Crippen MR) is 132 cm³/mol. The van der Waals surface area contributed by atoms with Crippen LogP contribution in [0.25, 0.3) is 0 Å². The second-order valence-electron chi connectivity index (χ2n) is 8.35. The van der Waals surface area contributed by atoms with Crippen molar-refractivity contribution in [3.63, 3.8) is 0 Å². The molecule has 0 fully saturated rings. The zero-order valence-electron chi connectivity index (χ0n) is 19.5. The number of hydrogen-bond acceptors (Lipinski definition) is 6. The van der Waals surface area contributed by atoms with E-state index < -0.39 is 20.0 Å². The molecule has 4 rings (SSSR count). The van der Waals surface area contributed by atoms with Crippen molar-refractivity contribution in [3.05, 3.63) is 83.9 Å². The third kappa shape index (κ3) is 5.84. The summed E-state index contributed by atoms with van der Waals surface area (Å²) in [7, 11) is -7.70. The number of ether oxygens (including phenoxy) is 2. The van der Waals surface area contributed by atoms with Crippen molar-refractivity contribution in [3.8, 4) is 11.5 Å². The van der Waals surface area contributed by atoms with Crippen molar-refractivity contribution in [1.29, 1.82) is 0 Å². The number of benzene rings is 3. The van der Waals surface area contributed by atoms with Crippen LogP contribution >= 0.6 is 0 Å². The molecule has 1 unspecified atom stereocenters. The third-order valence-corrected chi connectivity index (χ3v) is 9.15. The van der Waals surface area contributed by atoms with Crippen LogP contribution in [0.1, 0.15) is 31.4 Å². The molecule has 0 aromatic heterocycles. The van der Waals surface area contributed by atoms with Crippen LogP contribution in [0.15, 0.2) is 82.6 Å². The fourth-order valence-electron chi connectivity index (χ4n) is 3.61. The molecule has 0 amide bonds. The van der Waals surface area contributed by atoms with E-state index >= 15 is 0 Å². The molecule has 1 aliphatic heterocycles. The molecule has 0 radical (unpaired) electrons. The molecular weight excluding hydrogens is 488 g/mol. The van der Waals surface area contributed by atoms with Gasteiger partial charge in [0.25, 0.3) is 0 Å². The average molecular weight is 517 g/mol. The highest BCUT2D eigenvalue weighted by molar-refractivity contribution is 7.89. The number of sulfonamides is 2. The Labute approximate surface area is 206 Å². The summed E-state index contributed by atoms with van der Waals surface area (Å²) in [6.07, 6.45) is 0.639. The van der Waals surface area contributed by atoms with Crippen LogP contribution in [0.2, 0.25) is 0 Å². The molecular formula is C25H28N2O6S2. The van der Waals surface area contributed by atoms with Crippen molar-refractivity contribution >= 4 is 20.0 Å². The highest BCUT2D eigenvalue weighted by Crippen LogP contribution is 2.33. The Hall–Kier alpha value is -2.92. The van der Waals surface area contributed by atoms with E-state index in [1.165, 1.54) is 28.6 Å². The van der Waals surface area contributed by atoms with E-state index in [1.807, 2.05) is 37.3 Å². The van der Waals surface area contributed by atoms with E-state index in [-0.39, 0.29) is 35.7 Å². The summed E-state index contributed by atoms with van der Waals surface area (Å²) in [6.45, 7) is 4.03. The van der Waals surface area contributed by atoms with Crippen LogP contribution in [0.4, 0.5) is 0 Å². The zero-order chi connectivity index (χ0) is 25.1. The van der Waals surface area contributed by atoms with Crippen LogP contribution in [0, 0.1) is 0 Å². The van der Waals surface area contributed by atoms with E-state index in [0.29, 0.717) is 17.9 Å². The Bertz CT molecular complexity index is 1380. The molecule has 10 heteroatoms. The first-order valence-corrected chi connectivity index (χ1v) is 14.2. The molecule has 3 aromatic rings. The van der Waals surface area contributed by atoms with Crippen LogP contribution in [-0.2, 0) is 33.1 Å². The third-order valence-electron chi connectivity index (χ3n) is 5.74. The maximum absolute atomic E-state index is 13.7. The number of nitrogens with one attached hydrogen (secondary N) is 1. The van der Waals surface area contributed by atoms with E-state index in [9.17, 15) is 16.8 Å². The highest BCUT2D eigenvalue weighted by atomic mass is 32.2. The molecule has 3 aromatic carbocycles. The molecule has 0 spiro atoms. The number of nitrogens with zero attached hydrogens (tertiary/aromatic N) is 1. The quantitative estimate of drug-likeness (QED) is 0.439. The Balaban J connectivity index is 1.64. The lowest BCUT2D eigenvalue weighted by molar-refractivity contribution is 0.174. The molecule has 0 saturated carbocycles. The maximum atomic E-state index is 13.7. The molecule has 186 valence electrons. The molecule has 8 nitrogen and oxygen atoms in total. The first kappa shape index (κ1) is 25.2. The van der Waals surface area contributed by atoms with Gasteiger partial charge in [0.1, 0.15) is 0 Å². The van der Waals surface area contributed by atoms with Crippen LogP contribution in [-0.4, -0.2) is 34.0 Å². The summed E-state index contributed by atoms with van der Waals surface area (Å²) in [5, 5.41) is 0. The van der Waals surface area contributed by atoms with Crippen molar-refractivity contribution in [2.24, 2.45) is 0 Å². The highest BCUT2D eigenvalue weighted by Gasteiger charge is 2.27. The first-order valence-electron chi connectivity index (χ1n) is 11.2. The van der Waals surface area contributed by atoms with Crippen LogP contribution in [0.5, 0.6) is 11.5 Å². The Morgan fingerprint density at radius 3 is 2.14 bits per heavy atom. The molecule has 0 bridgehead atoms. The van der Waals surface area contributed by atoms with Gasteiger partial charge in [-0.2, -0.15) is 4.31 Å². The van der Waals surface area contributed by atoms with E-state index in [2.05, 4.69) is 4.72 Å². The minimum absolute atomic E-state index is 0.0108. The Morgan fingerprint density at radius 2 is 1.46 bits per heavy atom. The second-order valence-corrected chi connectivity index (χ2v) is 12.0. The minimum atomic E-state index is -3.96. The van der Waals surface area contributed by atoms with Gasteiger partial charge in [-0.15, -0.1) is 0 Å². The van der Waals surface area contributed by atoms with Gasteiger partial charge in [-0.1, -0.05) is 43.3 Å². The molecule has 1 heterocycles. The van der Waals surface area contributed by atoms with Crippen LogP contribution in [0.3, 0.4) is 0 Å². The van der Waals surface area contributed by atoms with Gasteiger partial charge >= 0.3 is 0 Å². The summed E-state index contributed by atoms with van der Waals surface area (Å²) < 4.78 is 67.2. The zero-order valence-corrected chi connectivity index (χ0v) is 21.2. The topological polar surface area (TPSA) is 102 Å². The summed E-state index contributed by atoms with van der Waals surface area (Å²) in [6, 6.07) is 19.7. The van der Waals surface area contributed by atoms with E-state index in [0.717, 1.165) is 11.1 Å². The fourth-order valence-corrected chi connectivity index (χ4v) is 6.36. The lowest BCUT2D eigenvalue weighted by Crippen LogP contribution is -2.32. The predicted octanol–water partition coefficient (Wildman–Crippen LogP) is 3.88. The standard InChI is InChI=1S/C25H28N2O6S2/c1-3-19(2)26-34(28,29)22-10-12-23(13-11-22)35(30,31)27(16-20-7-5-4-6-8-20)17-21-9-14-24-25(15-21)33-18-32-24/h4-15,19,26H,3,16-18H2,1-2H3. The van der Waals surface area contributed by atoms with Crippen molar-refractivity contribution in [2.75, 3.05) is 6.79 Å². The second kappa shape index (κ2) is 10.4. The van der Waals surface area contributed by atoms with Gasteiger partial charge in [-0.05, 0) is 60.9 Å². The van der Waals surface area contributed by atoms with Crippen molar-refractivity contribution < 1.29 is 26.3 Å². The number of fused-ring (bicyclic) bond motifs is 1. The van der Waals surface area contributed by atoms with Gasteiger partial charge in [-0.25, -0.2) is 21.6 Å². The minimum Gasteiger partial charge on any atom is -0.454 e. The SMILES string of the molecule is CCC(C)NS(=O)(=O)c1ccc(S(=O)(=O)N(Cc2ccccc2)Cc2ccc3c(c2)OCO3)cc1. The average Bonchev–Trinajstić information content (AvgIpc) is 3.32. The van der Waals surface area contributed by atoms with E-state index in [1.54, 1.807) is 25.1 Å². The van der Waals surface area contributed by atoms with Gasteiger partial charge in [-0.3, -0.25) is 0 Å².